The second kappa shape index (κ2) is 11.1. The van der Waals surface area contributed by atoms with Crippen LogP contribution in [0.15, 0.2) is 81.2 Å². The van der Waals surface area contributed by atoms with Gasteiger partial charge >= 0.3 is 6.03 Å². The molecule has 1 saturated heterocycles. The molecule has 1 aliphatic rings. The van der Waals surface area contributed by atoms with Gasteiger partial charge in [-0.05, 0) is 60.7 Å². The van der Waals surface area contributed by atoms with Crippen molar-refractivity contribution in [3.63, 3.8) is 0 Å². The molecule has 0 bridgehead atoms. The number of rotatable bonds is 6. The largest absolute Gasteiger partial charge is 0.483 e. The van der Waals surface area contributed by atoms with Gasteiger partial charge in [0.1, 0.15) is 11.3 Å². The van der Waals surface area contributed by atoms with Crippen molar-refractivity contribution in [2.24, 2.45) is 0 Å². The van der Waals surface area contributed by atoms with Crippen LogP contribution in [-0.2, 0) is 14.4 Å². The lowest BCUT2D eigenvalue weighted by molar-refractivity contribution is -0.122. The van der Waals surface area contributed by atoms with Crippen LogP contribution in [0.25, 0.3) is 6.08 Å². The lowest BCUT2D eigenvalue weighted by Crippen LogP contribution is -2.54. The van der Waals surface area contributed by atoms with Crippen molar-refractivity contribution in [3.8, 4) is 5.75 Å². The summed E-state index contributed by atoms with van der Waals surface area (Å²) in [5.41, 5.74) is 0.800. The van der Waals surface area contributed by atoms with Crippen molar-refractivity contribution in [2.75, 3.05) is 16.8 Å². The van der Waals surface area contributed by atoms with E-state index < -0.39 is 23.8 Å². The van der Waals surface area contributed by atoms with Gasteiger partial charge in [-0.25, -0.2) is 9.69 Å². The van der Waals surface area contributed by atoms with Gasteiger partial charge in [0.05, 0.1) is 16.4 Å². The van der Waals surface area contributed by atoms with E-state index in [9.17, 15) is 19.2 Å². The zero-order valence-corrected chi connectivity index (χ0v) is 22.2. The number of hydrogen-bond donors (Lipinski definition) is 2. The van der Waals surface area contributed by atoms with Gasteiger partial charge < -0.3 is 10.1 Å². The highest BCUT2D eigenvalue weighted by molar-refractivity contribution is 9.10. The van der Waals surface area contributed by atoms with E-state index in [2.05, 4.69) is 42.5 Å². The number of imide groups is 2. The van der Waals surface area contributed by atoms with E-state index in [0.29, 0.717) is 26.4 Å². The van der Waals surface area contributed by atoms with E-state index in [-0.39, 0.29) is 17.9 Å². The fraction of sp³-hybridized carbons (Fsp3) is 0.0400. The summed E-state index contributed by atoms with van der Waals surface area (Å²) in [7, 11) is 0. The number of nitrogens with zero attached hydrogens (tertiary/aromatic N) is 1. The molecule has 3 aromatic rings. The molecular formula is C25H16Br2ClN3O5. The van der Waals surface area contributed by atoms with Crippen LogP contribution in [-0.4, -0.2) is 30.4 Å². The first-order valence-electron chi connectivity index (χ1n) is 10.4. The van der Waals surface area contributed by atoms with Crippen LogP contribution in [0.3, 0.4) is 0 Å². The predicted octanol–water partition coefficient (Wildman–Crippen LogP) is 5.55. The maximum absolute atomic E-state index is 13.2. The number of urea groups is 1. The van der Waals surface area contributed by atoms with E-state index in [4.69, 9.17) is 16.3 Å². The highest BCUT2D eigenvalue weighted by Gasteiger charge is 2.37. The third-order valence-corrected chi connectivity index (χ3v) is 6.32. The number of anilines is 2. The number of carbonyl (C=O) groups is 4. The molecule has 0 unspecified atom stereocenters. The molecule has 11 heteroatoms. The molecule has 2 N–H and O–H groups in total. The van der Waals surface area contributed by atoms with Crippen LogP contribution < -0.4 is 20.3 Å². The molecule has 1 aliphatic heterocycles. The molecule has 0 spiro atoms. The van der Waals surface area contributed by atoms with Crippen LogP contribution >= 0.6 is 43.5 Å². The van der Waals surface area contributed by atoms with Crippen LogP contribution in [0.5, 0.6) is 5.75 Å². The zero-order valence-electron chi connectivity index (χ0n) is 18.3. The van der Waals surface area contributed by atoms with Crippen molar-refractivity contribution in [3.05, 3.63) is 91.8 Å². The van der Waals surface area contributed by atoms with Gasteiger partial charge in [-0.3, -0.25) is 19.7 Å². The summed E-state index contributed by atoms with van der Waals surface area (Å²) < 4.78 is 7.08. The molecule has 0 radical (unpaired) electrons. The van der Waals surface area contributed by atoms with Crippen LogP contribution in [0.2, 0.25) is 5.02 Å². The number of barbiturate groups is 1. The number of amides is 5. The molecule has 1 heterocycles. The molecule has 0 saturated carbocycles. The van der Waals surface area contributed by atoms with E-state index >= 15 is 0 Å². The molecule has 0 aliphatic carbocycles. The van der Waals surface area contributed by atoms with Gasteiger partial charge in [0, 0.05) is 14.5 Å². The lowest BCUT2D eigenvalue weighted by atomic mass is 10.1. The van der Waals surface area contributed by atoms with E-state index in [0.717, 1.165) is 9.37 Å². The molecule has 36 heavy (non-hydrogen) atoms. The second-order valence-corrected chi connectivity index (χ2v) is 9.67. The van der Waals surface area contributed by atoms with Gasteiger partial charge in [-0.1, -0.05) is 55.6 Å². The zero-order chi connectivity index (χ0) is 25.8. The number of benzene rings is 3. The molecule has 0 aromatic heterocycles. The predicted molar refractivity (Wildman–Crippen MR) is 143 cm³/mol. The van der Waals surface area contributed by atoms with Crippen LogP contribution in [0.4, 0.5) is 16.2 Å². The van der Waals surface area contributed by atoms with Crippen LogP contribution in [0.1, 0.15) is 5.56 Å². The first kappa shape index (κ1) is 25.6. The summed E-state index contributed by atoms with van der Waals surface area (Å²) in [6.45, 7) is -0.354. The Morgan fingerprint density at radius 3 is 2.42 bits per heavy atom. The summed E-state index contributed by atoms with van der Waals surface area (Å²) in [5.74, 6) is -1.86. The Morgan fingerprint density at radius 2 is 1.69 bits per heavy atom. The SMILES string of the molecule is O=C(COc1ccc(Br)cc1/C=C1\C(=O)NC(=O)N(c2ccc(Br)cc2)C1=O)Nc1ccccc1Cl. The Hall–Kier alpha value is -3.47. The summed E-state index contributed by atoms with van der Waals surface area (Å²) in [6.07, 6.45) is 1.31. The molecular weight excluding hydrogens is 618 g/mol. The summed E-state index contributed by atoms with van der Waals surface area (Å²) in [5, 5.41) is 5.21. The summed E-state index contributed by atoms with van der Waals surface area (Å²) in [6, 6.07) is 17.3. The van der Waals surface area contributed by atoms with Crippen molar-refractivity contribution >= 4 is 84.7 Å². The Labute approximate surface area is 227 Å². The molecule has 0 atom stereocenters. The molecule has 3 aromatic carbocycles. The second-order valence-electron chi connectivity index (χ2n) is 7.43. The van der Waals surface area contributed by atoms with Gasteiger partial charge in [0.15, 0.2) is 6.61 Å². The fourth-order valence-corrected chi connectivity index (χ4v) is 4.12. The number of halogens is 3. The Balaban J connectivity index is 1.58. The van der Waals surface area contributed by atoms with Gasteiger partial charge in [-0.2, -0.15) is 0 Å². The van der Waals surface area contributed by atoms with E-state index in [1.54, 1.807) is 66.7 Å². The maximum Gasteiger partial charge on any atom is 0.335 e. The van der Waals surface area contributed by atoms with Crippen molar-refractivity contribution in [1.82, 2.24) is 5.32 Å². The molecule has 5 amide bonds. The smallest absolute Gasteiger partial charge is 0.335 e. The van der Waals surface area contributed by atoms with Gasteiger partial charge in [-0.15, -0.1) is 0 Å². The number of nitrogens with one attached hydrogen (secondary N) is 2. The third kappa shape index (κ3) is 5.84. The highest BCUT2D eigenvalue weighted by Crippen LogP contribution is 2.29. The Kier molecular flexibility index (Phi) is 7.88. The van der Waals surface area contributed by atoms with Gasteiger partial charge in [0.25, 0.3) is 17.7 Å². The molecule has 8 nitrogen and oxygen atoms in total. The number of ether oxygens (including phenoxy) is 1. The summed E-state index contributed by atoms with van der Waals surface area (Å²) in [4.78, 5) is 51.4. The quantitative estimate of drug-likeness (QED) is 0.274. The summed E-state index contributed by atoms with van der Waals surface area (Å²) >= 11 is 12.7. The monoisotopic (exact) mass is 631 g/mol. The Morgan fingerprint density at radius 1 is 1.00 bits per heavy atom. The third-order valence-electron chi connectivity index (χ3n) is 4.96. The van der Waals surface area contributed by atoms with Gasteiger partial charge in [0.2, 0.25) is 0 Å². The normalized spacial score (nSPS) is 14.6. The first-order valence-corrected chi connectivity index (χ1v) is 12.3. The number of carbonyl (C=O) groups excluding carboxylic acids is 4. The van der Waals surface area contributed by atoms with Crippen molar-refractivity contribution in [1.29, 1.82) is 0 Å². The maximum atomic E-state index is 13.2. The van der Waals surface area contributed by atoms with Crippen molar-refractivity contribution < 1.29 is 23.9 Å². The number of para-hydroxylation sites is 1. The number of hydrogen-bond acceptors (Lipinski definition) is 5. The van der Waals surface area contributed by atoms with Crippen molar-refractivity contribution in [2.45, 2.75) is 0 Å². The standard InChI is InChI=1S/C25H16Br2ClN3O5/c26-15-5-8-17(9-6-15)31-24(34)18(23(33)30-25(31)35)12-14-11-16(27)7-10-21(14)36-13-22(32)29-20-4-2-1-3-19(20)28/h1-12H,13H2,(H,29,32)(H,30,33,35)/b18-12+. The molecule has 1 fully saturated rings. The average molecular weight is 634 g/mol. The minimum atomic E-state index is -0.855. The Bertz CT molecular complexity index is 1410. The lowest BCUT2D eigenvalue weighted by Gasteiger charge is -2.26. The van der Waals surface area contributed by atoms with Crippen LogP contribution in [0, 0.1) is 0 Å². The topological polar surface area (TPSA) is 105 Å². The first-order chi connectivity index (χ1) is 17.2. The minimum absolute atomic E-state index is 0.243. The molecule has 4 rings (SSSR count). The van der Waals surface area contributed by atoms with E-state index in [1.807, 2.05) is 0 Å². The minimum Gasteiger partial charge on any atom is -0.483 e. The fourth-order valence-electron chi connectivity index (χ4n) is 3.29. The highest BCUT2D eigenvalue weighted by atomic mass is 79.9. The average Bonchev–Trinajstić information content (AvgIpc) is 2.84. The molecule has 182 valence electrons. The van der Waals surface area contributed by atoms with E-state index in [1.165, 1.54) is 6.08 Å².